The van der Waals surface area contributed by atoms with Crippen LogP contribution in [0.2, 0.25) is 0 Å². The molecule has 8 heteroatoms. The fraction of sp³-hybridized carbons (Fsp3) is 0.360. The third-order valence-electron chi connectivity index (χ3n) is 5.33. The van der Waals surface area contributed by atoms with Crippen molar-refractivity contribution < 1.29 is 4.74 Å². The molecule has 0 bridgehead atoms. The second-order valence-corrected chi connectivity index (χ2v) is 9.39. The Labute approximate surface area is 197 Å². The molecule has 33 heavy (non-hydrogen) atoms. The molecule has 0 unspecified atom stereocenters. The van der Waals surface area contributed by atoms with Gasteiger partial charge in [0.25, 0.3) is 5.56 Å². The third-order valence-corrected chi connectivity index (χ3v) is 6.33. The molecule has 0 aliphatic carbocycles. The average Bonchev–Trinajstić information content (AvgIpc) is 3.18. The summed E-state index contributed by atoms with van der Waals surface area (Å²) in [6, 6.07) is 13.5. The molecule has 0 N–H and O–H groups in total. The Kier molecular flexibility index (Phi) is 7.13. The van der Waals surface area contributed by atoms with E-state index in [1.807, 2.05) is 31.2 Å². The predicted molar refractivity (Wildman–Crippen MR) is 131 cm³/mol. The van der Waals surface area contributed by atoms with Crippen LogP contribution in [0.25, 0.3) is 5.65 Å². The summed E-state index contributed by atoms with van der Waals surface area (Å²) in [4.78, 5) is 17.2. The zero-order valence-electron chi connectivity index (χ0n) is 19.5. The number of nitrogens with zero attached hydrogens (tertiary/aromatic N) is 5. The molecule has 0 saturated heterocycles. The van der Waals surface area contributed by atoms with Crippen molar-refractivity contribution in [2.45, 2.75) is 58.2 Å². The second-order valence-electron chi connectivity index (χ2n) is 8.45. The highest BCUT2D eigenvalue weighted by atomic mass is 32.2. The maximum absolute atomic E-state index is 12.5. The molecule has 0 fully saturated rings. The van der Waals surface area contributed by atoms with Gasteiger partial charge in [-0.2, -0.15) is 0 Å². The van der Waals surface area contributed by atoms with Crippen LogP contribution in [0, 0.1) is 12.8 Å². The van der Waals surface area contributed by atoms with E-state index in [0.29, 0.717) is 23.9 Å². The first-order chi connectivity index (χ1) is 15.9. The van der Waals surface area contributed by atoms with Crippen LogP contribution in [0.5, 0.6) is 5.75 Å². The molecule has 0 spiro atoms. The van der Waals surface area contributed by atoms with Crippen molar-refractivity contribution in [3.63, 3.8) is 0 Å². The standard InChI is InChI=1S/C25H29N5O2S/c1-5-19-8-10-21(11-9-19)32-15-22-27-28-25(30(22)14-17(2)3)33-16-20-13-23(31)29-12-6-7-18(4)24(29)26-20/h6-13,17H,5,14-16H2,1-4H3. The first kappa shape index (κ1) is 23.0. The minimum Gasteiger partial charge on any atom is -0.486 e. The smallest absolute Gasteiger partial charge is 0.258 e. The van der Waals surface area contributed by atoms with Crippen molar-refractivity contribution in [2.75, 3.05) is 0 Å². The van der Waals surface area contributed by atoms with E-state index in [0.717, 1.165) is 41.0 Å². The van der Waals surface area contributed by atoms with E-state index in [1.165, 1.54) is 17.3 Å². The Morgan fingerprint density at radius 1 is 1.12 bits per heavy atom. The summed E-state index contributed by atoms with van der Waals surface area (Å²) in [6.07, 6.45) is 2.75. The molecule has 172 valence electrons. The monoisotopic (exact) mass is 463 g/mol. The number of aromatic nitrogens is 5. The number of pyridine rings is 1. The van der Waals surface area contributed by atoms with Gasteiger partial charge in [0.1, 0.15) is 18.0 Å². The molecule has 0 atom stereocenters. The molecule has 4 rings (SSSR count). The van der Waals surface area contributed by atoms with Gasteiger partial charge in [-0.3, -0.25) is 9.20 Å². The number of ether oxygens (including phenoxy) is 1. The van der Waals surface area contributed by atoms with Crippen LogP contribution < -0.4 is 10.3 Å². The van der Waals surface area contributed by atoms with E-state index in [-0.39, 0.29) is 5.56 Å². The molecule has 0 radical (unpaired) electrons. The molecule has 3 heterocycles. The van der Waals surface area contributed by atoms with E-state index < -0.39 is 0 Å². The minimum atomic E-state index is -0.0777. The van der Waals surface area contributed by atoms with Crippen molar-refractivity contribution in [3.05, 3.63) is 81.7 Å². The molecular formula is C25H29N5O2S. The van der Waals surface area contributed by atoms with Gasteiger partial charge >= 0.3 is 0 Å². The largest absolute Gasteiger partial charge is 0.486 e. The lowest BCUT2D eigenvalue weighted by Gasteiger charge is -2.13. The second kappa shape index (κ2) is 10.2. The Balaban J connectivity index is 1.51. The van der Waals surface area contributed by atoms with E-state index in [1.54, 1.807) is 16.7 Å². The summed E-state index contributed by atoms with van der Waals surface area (Å²) >= 11 is 1.54. The van der Waals surface area contributed by atoms with Crippen molar-refractivity contribution in [1.82, 2.24) is 24.1 Å². The van der Waals surface area contributed by atoms with Gasteiger partial charge in [-0.1, -0.05) is 50.7 Å². The summed E-state index contributed by atoms with van der Waals surface area (Å²) in [5.74, 6) is 2.56. The lowest BCUT2D eigenvalue weighted by Crippen LogP contribution is -2.16. The van der Waals surface area contributed by atoms with Gasteiger partial charge < -0.3 is 9.30 Å². The maximum Gasteiger partial charge on any atom is 0.258 e. The number of aryl methyl sites for hydroxylation is 2. The zero-order valence-corrected chi connectivity index (χ0v) is 20.3. The van der Waals surface area contributed by atoms with Crippen LogP contribution in [0.15, 0.2) is 58.6 Å². The molecule has 0 aliphatic heterocycles. The van der Waals surface area contributed by atoms with Gasteiger partial charge in [0.2, 0.25) is 0 Å². The predicted octanol–water partition coefficient (Wildman–Crippen LogP) is 4.68. The minimum absolute atomic E-state index is 0.0777. The van der Waals surface area contributed by atoms with E-state index in [2.05, 4.69) is 47.7 Å². The fourth-order valence-corrected chi connectivity index (χ4v) is 4.43. The fourth-order valence-electron chi connectivity index (χ4n) is 3.57. The highest BCUT2D eigenvalue weighted by Crippen LogP contribution is 2.23. The van der Waals surface area contributed by atoms with Crippen LogP contribution in [0.3, 0.4) is 0 Å². The highest BCUT2D eigenvalue weighted by molar-refractivity contribution is 7.98. The van der Waals surface area contributed by atoms with Gasteiger partial charge in [-0.05, 0) is 48.6 Å². The summed E-state index contributed by atoms with van der Waals surface area (Å²) in [5.41, 5.74) is 3.59. The molecular weight excluding hydrogens is 434 g/mol. The van der Waals surface area contributed by atoms with Crippen LogP contribution >= 0.6 is 11.8 Å². The van der Waals surface area contributed by atoms with Gasteiger partial charge in [0.05, 0.1) is 5.69 Å². The van der Waals surface area contributed by atoms with Gasteiger partial charge in [-0.15, -0.1) is 10.2 Å². The SMILES string of the molecule is CCc1ccc(OCc2nnc(SCc3cc(=O)n4cccc(C)c4n3)n2CC(C)C)cc1. The Morgan fingerprint density at radius 3 is 2.64 bits per heavy atom. The molecule has 7 nitrogen and oxygen atoms in total. The highest BCUT2D eigenvalue weighted by Gasteiger charge is 2.15. The van der Waals surface area contributed by atoms with Crippen LogP contribution in [0.1, 0.15) is 43.4 Å². The zero-order chi connectivity index (χ0) is 23.4. The number of hydrogen-bond donors (Lipinski definition) is 0. The third kappa shape index (κ3) is 5.45. The lowest BCUT2D eigenvalue weighted by molar-refractivity contribution is 0.284. The molecule has 3 aromatic heterocycles. The molecule has 1 aromatic carbocycles. The summed E-state index contributed by atoms with van der Waals surface area (Å²) in [6.45, 7) is 9.55. The molecule has 0 saturated carbocycles. The van der Waals surface area contributed by atoms with Gasteiger partial charge in [0.15, 0.2) is 11.0 Å². The van der Waals surface area contributed by atoms with Crippen LogP contribution in [-0.2, 0) is 25.3 Å². The Hall–Kier alpha value is -3.13. The quantitative estimate of drug-likeness (QED) is 0.336. The average molecular weight is 464 g/mol. The lowest BCUT2D eigenvalue weighted by atomic mass is 10.2. The van der Waals surface area contributed by atoms with E-state index >= 15 is 0 Å². The van der Waals surface area contributed by atoms with Crippen molar-refractivity contribution in [3.8, 4) is 5.75 Å². The van der Waals surface area contributed by atoms with Crippen molar-refractivity contribution in [1.29, 1.82) is 0 Å². The number of rotatable bonds is 9. The van der Waals surface area contributed by atoms with E-state index in [9.17, 15) is 4.79 Å². The molecule has 0 aliphatic rings. The first-order valence-corrected chi connectivity index (χ1v) is 12.2. The molecule has 0 amide bonds. The number of hydrogen-bond acceptors (Lipinski definition) is 6. The Bertz CT molecular complexity index is 1290. The van der Waals surface area contributed by atoms with Gasteiger partial charge in [-0.25, -0.2) is 4.98 Å². The normalized spacial score (nSPS) is 11.4. The molecule has 4 aromatic rings. The van der Waals surface area contributed by atoms with Crippen molar-refractivity contribution >= 4 is 17.4 Å². The summed E-state index contributed by atoms with van der Waals surface area (Å²) < 4.78 is 9.66. The summed E-state index contributed by atoms with van der Waals surface area (Å²) in [7, 11) is 0. The topological polar surface area (TPSA) is 74.3 Å². The number of benzene rings is 1. The summed E-state index contributed by atoms with van der Waals surface area (Å²) in [5, 5.41) is 9.61. The first-order valence-electron chi connectivity index (χ1n) is 11.2. The maximum atomic E-state index is 12.5. The van der Waals surface area contributed by atoms with Crippen LogP contribution in [-0.4, -0.2) is 24.1 Å². The number of fused-ring (bicyclic) bond motifs is 1. The van der Waals surface area contributed by atoms with E-state index in [4.69, 9.17) is 9.72 Å². The van der Waals surface area contributed by atoms with Gasteiger partial charge in [0, 0.05) is 24.6 Å². The van der Waals surface area contributed by atoms with Crippen molar-refractivity contribution in [2.24, 2.45) is 5.92 Å². The van der Waals surface area contributed by atoms with Crippen LogP contribution in [0.4, 0.5) is 0 Å². The Morgan fingerprint density at radius 2 is 1.91 bits per heavy atom. The number of thioether (sulfide) groups is 1.